The molecule has 0 radical (unpaired) electrons. The molecule has 0 amide bonds. The van der Waals surface area contributed by atoms with E-state index in [-0.39, 0.29) is 0 Å². The Morgan fingerprint density at radius 1 is 1.60 bits per heavy atom. The predicted molar refractivity (Wildman–Crippen MR) is 43.3 cm³/mol. The zero-order valence-corrected chi connectivity index (χ0v) is 6.93. The van der Waals surface area contributed by atoms with E-state index in [1.807, 2.05) is 0 Å². The first-order chi connectivity index (χ1) is 4.83. The molecule has 0 spiro atoms. The molecule has 0 aromatic rings. The highest BCUT2D eigenvalue weighted by molar-refractivity contribution is 7.86. The fourth-order valence-corrected chi connectivity index (χ4v) is 3.99. The minimum absolute atomic E-state index is 0.412. The molecule has 2 bridgehead atoms. The molecule has 56 valence electrons. The van der Waals surface area contributed by atoms with Gasteiger partial charge in [-0.3, -0.25) is 4.21 Å². The number of hydrogen-bond acceptors (Lipinski definition) is 1. The van der Waals surface area contributed by atoms with Gasteiger partial charge in [0.05, 0.1) is 5.25 Å². The summed E-state index contributed by atoms with van der Waals surface area (Å²) in [6.07, 6.45) is 6.62. The van der Waals surface area contributed by atoms with Crippen LogP contribution in [0.4, 0.5) is 0 Å². The Kier molecular flexibility index (Phi) is 1.44. The van der Waals surface area contributed by atoms with E-state index in [1.54, 1.807) is 0 Å². The van der Waals surface area contributed by atoms with Crippen LogP contribution < -0.4 is 0 Å². The van der Waals surface area contributed by atoms with Crippen LogP contribution in [0.1, 0.15) is 19.8 Å². The van der Waals surface area contributed by atoms with Gasteiger partial charge in [0.1, 0.15) is 0 Å². The van der Waals surface area contributed by atoms with Crippen LogP contribution in [0.25, 0.3) is 0 Å². The van der Waals surface area contributed by atoms with E-state index in [1.165, 1.54) is 0 Å². The first-order valence-electron chi connectivity index (χ1n) is 3.90. The molecule has 1 saturated heterocycles. The first-order valence-corrected chi connectivity index (χ1v) is 5.18. The van der Waals surface area contributed by atoms with E-state index in [0.29, 0.717) is 16.4 Å². The van der Waals surface area contributed by atoms with Gasteiger partial charge < -0.3 is 0 Å². The molecule has 2 heteroatoms. The molecule has 2 aliphatic rings. The van der Waals surface area contributed by atoms with Crippen molar-refractivity contribution in [1.82, 2.24) is 0 Å². The van der Waals surface area contributed by atoms with Crippen LogP contribution in [-0.2, 0) is 10.8 Å². The number of hydrogen-bond donors (Lipinski definition) is 0. The molecule has 1 nitrogen and oxygen atoms in total. The average molecular weight is 156 g/mol. The fraction of sp³-hybridized carbons (Fsp3) is 0.750. The largest absolute Gasteiger partial charge is 0.259 e. The molecule has 0 aromatic carbocycles. The molecular formula is C8H12OS. The minimum atomic E-state index is -0.535. The highest BCUT2D eigenvalue weighted by atomic mass is 32.2. The number of allylic oxidation sites excluding steroid dienone is 1. The summed E-state index contributed by atoms with van der Waals surface area (Å²) < 4.78 is 11.5. The Balaban J connectivity index is 2.26. The topological polar surface area (TPSA) is 17.1 Å². The monoisotopic (exact) mass is 156 g/mol. The Hall–Kier alpha value is -0.110. The van der Waals surface area contributed by atoms with Crippen LogP contribution in [-0.4, -0.2) is 14.7 Å². The predicted octanol–water partition coefficient (Wildman–Crippen LogP) is 1.47. The summed E-state index contributed by atoms with van der Waals surface area (Å²) in [6, 6.07) is 0. The van der Waals surface area contributed by atoms with E-state index in [4.69, 9.17) is 0 Å². The van der Waals surface area contributed by atoms with E-state index in [2.05, 4.69) is 19.1 Å². The second kappa shape index (κ2) is 2.19. The van der Waals surface area contributed by atoms with Gasteiger partial charge in [-0.15, -0.1) is 0 Å². The normalized spacial score (nSPS) is 50.5. The van der Waals surface area contributed by atoms with Crippen molar-refractivity contribution in [3.05, 3.63) is 12.2 Å². The first kappa shape index (κ1) is 6.59. The third-order valence-corrected chi connectivity index (χ3v) is 4.78. The maximum atomic E-state index is 11.5. The lowest BCUT2D eigenvalue weighted by molar-refractivity contribution is 0.609. The van der Waals surface area contributed by atoms with Crippen molar-refractivity contribution in [3.8, 4) is 0 Å². The van der Waals surface area contributed by atoms with Gasteiger partial charge >= 0.3 is 0 Å². The van der Waals surface area contributed by atoms with E-state index in [9.17, 15) is 4.21 Å². The summed E-state index contributed by atoms with van der Waals surface area (Å²) >= 11 is 0. The molecule has 2 rings (SSSR count). The summed E-state index contributed by atoms with van der Waals surface area (Å²) in [5, 5.41) is 0.893. The van der Waals surface area contributed by atoms with Crippen molar-refractivity contribution in [2.75, 3.05) is 0 Å². The lowest BCUT2D eigenvalue weighted by Gasteiger charge is -2.14. The lowest BCUT2D eigenvalue weighted by atomic mass is 10.0. The summed E-state index contributed by atoms with van der Waals surface area (Å²) in [4.78, 5) is 0. The van der Waals surface area contributed by atoms with Gasteiger partial charge in [-0.05, 0) is 18.8 Å². The van der Waals surface area contributed by atoms with Gasteiger partial charge in [0.2, 0.25) is 0 Å². The SMILES string of the molecule is CC[C@H]1[C@H]2C=C[C@H](C2)S1=O. The second-order valence-electron chi connectivity index (χ2n) is 3.10. The van der Waals surface area contributed by atoms with E-state index in [0.717, 1.165) is 12.8 Å². The zero-order chi connectivity index (χ0) is 7.14. The van der Waals surface area contributed by atoms with Crippen LogP contribution >= 0.6 is 0 Å². The Bertz CT molecular complexity index is 197. The molecule has 0 N–H and O–H groups in total. The average Bonchev–Trinajstić information content (AvgIpc) is 2.46. The second-order valence-corrected chi connectivity index (χ2v) is 4.97. The van der Waals surface area contributed by atoms with Gasteiger partial charge in [-0.2, -0.15) is 0 Å². The quantitative estimate of drug-likeness (QED) is 0.525. The molecule has 1 unspecified atom stereocenters. The van der Waals surface area contributed by atoms with Gasteiger partial charge in [0, 0.05) is 16.0 Å². The van der Waals surface area contributed by atoms with Crippen molar-refractivity contribution in [3.63, 3.8) is 0 Å². The maximum absolute atomic E-state index is 11.5. The summed E-state index contributed by atoms with van der Waals surface area (Å²) in [5.41, 5.74) is 0. The van der Waals surface area contributed by atoms with Gasteiger partial charge in [-0.1, -0.05) is 19.1 Å². The molecular weight excluding hydrogens is 144 g/mol. The summed E-state index contributed by atoms with van der Waals surface area (Å²) in [7, 11) is -0.535. The van der Waals surface area contributed by atoms with Crippen LogP contribution in [0.3, 0.4) is 0 Å². The summed E-state index contributed by atoms with van der Waals surface area (Å²) in [5.74, 6) is 0.649. The van der Waals surface area contributed by atoms with E-state index >= 15 is 0 Å². The van der Waals surface area contributed by atoms with E-state index < -0.39 is 10.8 Å². The molecule has 1 fully saturated rings. The molecule has 1 aliphatic heterocycles. The fourth-order valence-electron chi connectivity index (χ4n) is 2.00. The molecule has 0 aromatic heterocycles. The summed E-state index contributed by atoms with van der Waals surface area (Å²) in [6.45, 7) is 2.14. The van der Waals surface area contributed by atoms with Crippen LogP contribution in [0, 0.1) is 5.92 Å². The van der Waals surface area contributed by atoms with Crippen LogP contribution in [0.2, 0.25) is 0 Å². The highest BCUT2D eigenvalue weighted by Gasteiger charge is 2.40. The van der Waals surface area contributed by atoms with Crippen molar-refractivity contribution in [1.29, 1.82) is 0 Å². The molecule has 10 heavy (non-hydrogen) atoms. The van der Waals surface area contributed by atoms with Gasteiger partial charge in [-0.25, -0.2) is 0 Å². The standard InChI is InChI=1S/C8H12OS/c1-2-8-6-3-4-7(5-6)10(8)9/h3-4,6-8H,2,5H2,1H3/t6-,7+,8-,10?/m0/s1. The molecule has 1 aliphatic carbocycles. The third kappa shape index (κ3) is 0.715. The van der Waals surface area contributed by atoms with Crippen LogP contribution in [0.5, 0.6) is 0 Å². The maximum Gasteiger partial charge on any atom is 0.0536 e. The lowest BCUT2D eigenvalue weighted by Crippen LogP contribution is -2.19. The Morgan fingerprint density at radius 3 is 2.80 bits per heavy atom. The number of rotatable bonds is 1. The van der Waals surface area contributed by atoms with Crippen molar-refractivity contribution >= 4 is 10.8 Å². The van der Waals surface area contributed by atoms with Gasteiger partial charge in [0.15, 0.2) is 0 Å². The molecule has 1 heterocycles. The van der Waals surface area contributed by atoms with Crippen molar-refractivity contribution in [2.24, 2.45) is 5.92 Å². The minimum Gasteiger partial charge on any atom is -0.259 e. The van der Waals surface area contributed by atoms with Crippen LogP contribution in [0.15, 0.2) is 12.2 Å². The third-order valence-electron chi connectivity index (χ3n) is 2.55. The highest BCUT2D eigenvalue weighted by Crippen LogP contribution is 2.38. The van der Waals surface area contributed by atoms with Crippen molar-refractivity contribution < 1.29 is 4.21 Å². The Morgan fingerprint density at radius 2 is 2.40 bits per heavy atom. The zero-order valence-electron chi connectivity index (χ0n) is 6.12. The van der Waals surface area contributed by atoms with Gasteiger partial charge in [0.25, 0.3) is 0 Å². The molecule has 4 atom stereocenters. The smallest absolute Gasteiger partial charge is 0.0536 e. The number of fused-ring (bicyclic) bond motifs is 2. The van der Waals surface area contributed by atoms with Crippen molar-refractivity contribution in [2.45, 2.75) is 30.3 Å². The molecule has 0 saturated carbocycles. The Labute approximate surface area is 64.0 Å².